The van der Waals surface area contributed by atoms with Gasteiger partial charge < -0.3 is 18.4 Å². The Balaban J connectivity index is 1.35. The summed E-state index contributed by atoms with van der Waals surface area (Å²) in [6.45, 7) is 1.88. The van der Waals surface area contributed by atoms with Crippen LogP contribution in [0.2, 0.25) is 5.02 Å². The quantitative estimate of drug-likeness (QED) is 0.271. The maximum absolute atomic E-state index is 13.0. The number of rotatable bonds is 7. The molecule has 0 unspecified atom stereocenters. The number of hydrogen-bond donors (Lipinski definition) is 0. The van der Waals surface area contributed by atoms with Crippen LogP contribution in [-0.2, 0) is 21.5 Å². The van der Waals surface area contributed by atoms with Crippen molar-refractivity contribution >= 4 is 50.7 Å². The van der Waals surface area contributed by atoms with Crippen molar-refractivity contribution in [2.45, 2.75) is 18.4 Å². The minimum Gasteiger partial charge on any atom is -0.493 e. The number of methoxy groups -OCH3 is 1. The van der Waals surface area contributed by atoms with Gasteiger partial charge in [0, 0.05) is 11.1 Å². The molecular weight excluding hydrogens is 554 g/mol. The molecule has 9 nitrogen and oxygen atoms in total. The Kier molecular flexibility index (Phi) is 6.99. The number of thioether (sulfide) groups is 1. The van der Waals surface area contributed by atoms with Gasteiger partial charge in [-0.2, -0.15) is 8.42 Å². The van der Waals surface area contributed by atoms with Crippen LogP contribution in [-0.4, -0.2) is 38.4 Å². The molecule has 38 heavy (non-hydrogen) atoms. The Hall–Kier alpha value is -3.67. The molecule has 2 aliphatic rings. The third-order valence-corrected chi connectivity index (χ3v) is 8.25. The molecule has 2 aliphatic heterocycles. The monoisotopic (exact) mass is 573 g/mol. The zero-order valence-electron chi connectivity index (χ0n) is 20.1. The molecule has 1 saturated heterocycles. The van der Waals surface area contributed by atoms with E-state index in [2.05, 4.69) is 0 Å². The Bertz CT molecular complexity index is 1590. The lowest BCUT2D eigenvalue weighted by atomic mass is 10.1. The van der Waals surface area contributed by atoms with E-state index in [1.54, 1.807) is 30.3 Å². The first-order valence-corrected chi connectivity index (χ1v) is 13.8. The number of fused-ring (bicyclic) bond motifs is 1. The van der Waals surface area contributed by atoms with Gasteiger partial charge in [-0.25, -0.2) is 0 Å². The van der Waals surface area contributed by atoms with Crippen molar-refractivity contribution in [2.75, 3.05) is 13.9 Å². The van der Waals surface area contributed by atoms with Crippen molar-refractivity contribution in [3.63, 3.8) is 0 Å². The molecule has 196 valence electrons. The predicted molar refractivity (Wildman–Crippen MR) is 141 cm³/mol. The zero-order valence-corrected chi connectivity index (χ0v) is 22.5. The Labute approximate surface area is 228 Å². The smallest absolute Gasteiger partial charge is 0.339 e. The third kappa shape index (κ3) is 5.17. The molecule has 1 fully saturated rings. The lowest BCUT2D eigenvalue weighted by Gasteiger charge is -2.14. The number of carbonyl (C=O) groups excluding carboxylic acids is 2. The van der Waals surface area contributed by atoms with Crippen LogP contribution < -0.4 is 18.4 Å². The number of imide groups is 1. The summed E-state index contributed by atoms with van der Waals surface area (Å²) < 4.78 is 46.7. The molecule has 0 aromatic heterocycles. The largest absolute Gasteiger partial charge is 0.493 e. The number of nitrogens with zero attached hydrogens (tertiary/aromatic N) is 1. The molecule has 5 rings (SSSR count). The van der Waals surface area contributed by atoms with Gasteiger partial charge in [0.2, 0.25) is 6.79 Å². The van der Waals surface area contributed by atoms with Crippen molar-refractivity contribution in [3.8, 4) is 23.0 Å². The average Bonchev–Trinajstić information content (AvgIpc) is 3.44. The maximum Gasteiger partial charge on any atom is 0.339 e. The highest BCUT2D eigenvalue weighted by Gasteiger charge is 2.36. The molecule has 0 N–H and O–H groups in total. The van der Waals surface area contributed by atoms with Crippen LogP contribution in [0.4, 0.5) is 4.79 Å². The van der Waals surface area contributed by atoms with Gasteiger partial charge in [-0.05, 0) is 66.2 Å². The van der Waals surface area contributed by atoms with Gasteiger partial charge >= 0.3 is 10.1 Å². The van der Waals surface area contributed by atoms with E-state index < -0.39 is 21.3 Å². The highest BCUT2D eigenvalue weighted by molar-refractivity contribution is 8.18. The van der Waals surface area contributed by atoms with Gasteiger partial charge in [0.25, 0.3) is 11.1 Å². The van der Waals surface area contributed by atoms with Crippen LogP contribution in [0.5, 0.6) is 23.0 Å². The predicted octanol–water partition coefficient (Wildman–Crippen LogP) is 5.39. The first kappa shape index (κ1) is 26.0. The normalized spacial score (nSPS) is 15.9. The number of hydrogen-bond acceptors (Lipinski definition) is 9. The van der Waals surface area contributed by atoms with E-state index in [0.29, 0.717) is 27.6 Å². The van der Waals surface area contributed by atoms with Crippen LogP contribution in [0.1, 0.15) is 16.7 Å². The summed E-state index contributed by atoms with van der Waals surface area (Å²) in [5.74, 6) is 0.623. The molecule has 0 spiro atoms. The fourth-order valence-corrected chi connectivity index (χ4v) is 5.74. The van der Waals surface area contributed by atoms with E-state index in [1.807, 2.05) is 6.92 Å². The Morgan fingerprint density at radius 3 is 2.45 bits per heavy atom. The number of aryl methyl sites for hydroxylation is 1. The maximum atomic E-state index is 13.0. The first-order chi connectivity index (χ1) is 18.1. The summed E-state index contributed by atoms with van der Waals surface area (Å²) in [5.41, 5.74) is 1.96. The minimum absolute atomic E-state index is 0.00506. The highest BCUT2D eigenvalue weighted by Crippen LogP contribution is 2.40. The number of amides is 2. The van der Waals surface area contributed by atoms with Gasteiger partial charge in [0.05, 0.1) is 18.6 Å². The third-order valence-electron chi connectivity index (χ3n) is 5.74. The molecule has 0 atom stereocenters. The Morgan fingerprint density at radius 1 is 1.03 bits per heavy atom. The average molecular weight is 574 g/mol. The summed E-state index contributed by atoms with van der Waals surface area (Å²) in [6, 6.07) is 14.0. The van der Waals surface area contributed by atoms with Crippen molar-refractivity contribution in [2.24, 2.45) is 0 Å². The summed E-state index contributed by atoms with van der Waals surface area (Å²) in [5, 5.41) is -0.107. The molecule has 3 aromatic rings. The molecule has 0 radical (unpaired) electrons. The second-order valence-corrected chi connectivity index (χ2v) is 11.3. The van der Waals surface area contributed by atoms with Gasteiger partial charge in [-0.15, -0.1) is 0 Å². The standard InChI is InChI=1S/C26H20ClNO8S2/c1-15-3-6-18(7-4-15)38(31,32)36-20-8-5-16(9-21(20)33-2)10-24-25(29)28(26(30)37-24)13-17-11-22-23(12-19(17)27)35-14-34-22/h3-12H,13-14H2,1-2H3/b24-10-. The second kappa shape index (κ2) is 10.2. The lowest BCUT2D eigenvalue weighted by molar-refractivity contribution is -0.123. The molecule has 2 heterocycles. The first-order valence-electron chi connectivity index (χ1n) is 11.2. The minimum atomic E-state index is -4.09. The van der Waals surface area contributed by atoms with E-state index >= 15 is 0 Å². The van der Waals surface area contributed by atoms with E-state index in [-0.39, 0.29) is 34.6 Å². The van der Waals surface area contributed by atoms with Crippen LogP contribution in [0.15, 0.2) is 64.4 Å². The number of benzene rings is 3. The van der Waals surface area contributed by atoms with Gasteiger partial charge in [-0.3, -0.25) is 14.5 Å². The summed E-state index contributed by atoms with van der Waals surface area (Å²) in [4.78, 5) is 27.0. The van der Waals surface area contributed by atoms with Gasteiger partial charge in [0.15, 0.2) is 23.0 Å². The number of halogens is 1. The van der Waals surface area contributed by atoms with Crippen LogP contribution in [0.25, 0.3) is 6.08 Å². The number of ether oxygens (including phenoxy) is 3. The topological polar surface area (TPSA) is 108 Å². The summed E-state index contributed by atoms with van der Waals surface area (Å²) >= 11 is 7.10. The molecule has 12 heteroatoms. The van der Waals surface area contributed by atoms with Crippen molar-refractivity contribution < 1.29 is 36.4 Å². The summed E-state index contributed by atoms with van der Waals surface area (Å²) in [6.07, 6.45) is 1.52. The highest BCUT2D eigenvalue weighted by atomic mass is 35.5. The van der Waals surface area contributed by atoms with E-state index in [1.165, 1.54) is 37.5 Å². The molecular formula is C26H20ClNO8S2. The second-order valence-electron chi connectivity index (χ2n) is 8.33. The lowest BCUT2D eigenvalue weighted by Crippen LogP contribution is -2.27. The van der Waals surface area contributed by atoms with E-state index in [9.17, 15) is 18.0 Å². The number of carbonyl (C=O) groups is 2. The van der Waals surface area contributed by atoms with Crippen molar-refractivity contribution in [3.05, 3.63) is 81.2 Å². The van der Waals surface area contributed by atoms with Gasteiger partial charge in [-0.1, -0.05) is 35.4 Å². The van der Waals surface area contributed by atoms with Crippen LogP contribution >= 0.6 is 23.4 Å². The van der Waals surface area contributed by atoms with Crippen molar-refractivity contribution in [1.29, 1.82) is 0 Å². The molecule has 0 saturated carbocycles. The molecule has 0 bridgehead atoms. The fraction of sp³-hybridized carbons (Fsp3) is 0.154. The van der Waals surface area contributed by atoms with Crippen LogP contribution in [0, 0.1) is 6.92 Å². The van der Waals surface area contributed by atoms with E-state index in [0.717, 1.165) is 22.2 Å². The zero-order chi connectivity index (χ0) is 27.0. The van der Waals surface area contributed by atoms with Crippen LogP contribution in [0.3, 0.4) is 0 Å². The molecule has 0 aliphatic carbocycles. The molecule has 3 aromatic carbocycles. The summed E-state index contributed by atoms with van der Waals surface area (Å²) in [7, 11) is -2.72. The Morgan fingerprint density at radius 2 is 1.74 bits per heavy atom. The van der Waals surface area contributed by atoms with E-state index in [4.69, 9.17) is 30.0 Å². The SMILES string of the molecule is COc1cc(/C=C2\SC(=O)N(Cc3cc4c(cc3Cl)OCO4)C2=O)ccc1OS(=O)(=O)c1ccc(C)cc1. The molecule has 2 amide bonds. The fourth-order valence-electron chi connectivity index (χ4n) is 3.75. The van der Waals surface area contributed by atoms with Gasteiger partial charge in [0.1, 0.15) is 4.90 Å². The van der Waals surface area contributed by atoms with Crippen molar-refractivity contribution in [1.82, 2.24) is 4.90 Å².